The predicted octanol–water partition coefficient (Wildman–Crippen LogP) is 5.97. The van der Waals surface area contributed by atoms with Gasteiger partial charge in [-0.05, 0) is 33.0 Å². The summed E-state index contributed by atoms with van der Waals surface area (Å²) in [5, 5.41) is 0. The Labute approximate surface area is 220 Å². The third-order valence-electron chi connectivity index (χ3n) is 4.33. The van der Waals surface area contributed by atoms with E-state index in [0.29, 0.717) is 19.8 Å². The summed E-state index contributed by atoms with van der Waals surface area (Å²) in [7, 11) is -7.87. The first-order chi connectivity index (χ1) is 15.8. The molecule has 0 aromatic carbocycles. The summed E-state index contributed by atoms with van der Waals surface area (Å²) < 4.78 is 42.8. The SMILES string of the molecule is CCCCCCCO[P+](=O)[O-].CCCCCCCO[P+](=O)[O-].CCCCCCCO[P+](=O)[O-].[Cr+3]. The molecule has 0 aliphatic rings. The van der Waals surface area contributed by atoms with Gasteiger partial charge in [-0.25, -0.2) is 0 Å². The van der Waals surface area contributed by atoms with Gasteiger partial charge in [0.2, 0.25) is 0 Å². The first-order valence-electron chi connectivity index (χ1n) is 12.1. The van der Waals surface area contributed by atoms with E-state index in [1.165, 1.54) is 57.8 Å². The van der Waals surface area contributed by atoms with Crippen LogP contribution in [-0.2, 0) is 44.6 Å². The fourth-order valence-corrected chi connectivity index (χ4v) is 3.37. The van der Waals surface area contributed by atoms with Gasteiger partial charge in [0.05, 0.1) is 0 Å². The fraction of sp³-hybridized carbons (Fsp3) is 1.00. The molecule has 9 nitrogen and oxygen atoms in total. The van der Waals surface area contributed by atoms with E-state index in [1.54, 1.807) is 0 Å². The van der Waals surface area contributed by atoms with Gasteiger partial charge in [-0.3, -0.25) is 0 Å². The van der Waals surface area contributed by atoms with Gasteiger partial charge in [0.1, 0.15) is 19.8 Å². The minimum Gasteiger partial charge on any atom is -0.566 e. The van der Waals surface area contributed by atoms with Crippen LogP contribution in [0.25, 0.3) is 0 Å². The van der Waals surface area contributed by atoms with Gasteiger partial charge in [-0.2, -0.15) is 0 Å². The molecule has 1 radical (unpaired) electrons. The van der Waals surface area contributed by atoms with Crippen LogP contribution in [0.2, 0.25) is 0 Å². The molecule has 0 saturated heterocycles. The van der Waals surface area contributed by atoms with E-state index in [9.17, 15) is 28.4 Å². The maximum absolute atomic E-state index is 9.90. The Kier molecular flexibility index (Phi) is 46.8. The first-order valence-corrected chi connectivity index (χ1v) is 15.4. The monoisotopic (exact) mass is 586 g/mol. The van der Waals surface area contributed by atoms with Gasteiger partial charge in [-0.1, -0.05) is 97.8 Å². The van der Waals surface area contributed by atoms with Gasteiger partial charge < -0.3 is 14.7 Å². The molecule has 0 heterocycles. The zero-order chi connectivity index (χ0) is 25.6. The molecule has 3 unspecified atom stereocenters. The van der Waals surface area contributed by atoms with Crippen LogP contribution in [0, 0.1) is 0 Å². The summed E-state index contributed by atoms with van der Waals surface area (Å²) in [6.07, 6.45) is 16.6. The van der Waals surface area contributed by atoms with Gasteiger partial charge in [0.15, 0.2) is 0 Å². The molecule has 13 heteroatoms. The largest absolute Gasteiger partial charge is 3.00 e. The van der Waals surface area contributed by atoms with Gasteiger partial charge >= 0.3 is 42.1 Å². The maximum atomic E-state index is 9.90. The number of rotatable bonds is 21. The molecule has 3 atom stereocenters. The van der Waals surface area contributed by atoms with E-state index >= 15 is 0 Å². The number of unbranched alkanes of at least 4 members (excludes halogenated alkanes) is 12. The summed E-state index contributed by atoms with van der Waals surface area (Å²) in [4.78, 5) is 29.7. The molecule has 0 aromatic heterocycles. The van der Waals surface area contributed by atoms with E-state index in [-0.39, 0.29) is 17.4 Å². The fourth-order valence-electron chi connectivity index (χ4n) is 2.53. The molecule has 0 fully saturated rings. The van der Waals surface area contributed by atoms with Crippen molar-refractivity contribution in [3.8, 4) is 0 Å². The zero-order valence-corrected chi connectivity index (χ0v) is 25.1. The molecule has 0 aliphatic heterocycles. The average Bonchev–Trinajstić information content (AvgIpc) is 2.76. The van der Waals surface area contributed by atoms with E-state index in [1.807, 2.05) is 0 Å². The molecule has 0 spiro atoms. The van der Waals surface area contributed by atoms with Crippen LogP contribution in [0.3, 0.4) is 0 Å². The topological polar surface area (TPSA) is 148 Å². The van der Waals surface area contributed by atoms with Crippen molar-refractivity contribution in [2.24, 2.45) is 0 Å². The Morgan fingerprint density at radius 2 is 0.647 bits per heavy atom. The third kappa shape index (κ3) is 53.8. The normalized spacial score (nSPS) is 11.3. The van der Waals surface area contributed by atoms with Crippen molar-refractivity contribution in [2.75, 3.05) is 19.8 Å². The molecule has 0 saturated carbocycles. The Balaban J connectivity index is -0.000000196. The van der Waals surface area contributed by atoms with Crippen molar-refractivity contribution >= 4 is 24.8 Å². The Morgan fingerprint density at radius 3 is 0.824 bits per heavy atom. The van der Waals surface area contributed by atoms with Crippen molar-refractivity contribution in [3.63, 3.8) is 0 Å². The van der Waals surface area contributed by atoms with Crippen LogP contribution < -0.4 is 14.7 Å². The van der Waals surface area contributed by atoms with Gasteiger partial charge in [0.25, 0.3) is 0 Å². The quantitative estimate of drug-likeness (QED) is 0.117. The zero-order valence-electron chi connectivity index (χ0n) is 21.2. The summed E-state index contributed by atoms with van der Waals surface area (Å²) in [6.45, 7) is 7.48. The maximum Gasteiger partial charge on any atom is 3.00 e. The number of hydrogen-bond acceptors (Lipinski definition) is 9. The van der Waals surface area contributed by atoms with Crippen molar-refractivity contribution in [2.45, 2.75) is 117 Å². The molecule has 0 bridgehead atoms. The molecular formula is C21H45CrO9P3+3. The van der Waals surface area contributed by atoms with Crippen molar-refractivity contribution in [1.82, 2.24) is 0 Å². The second-order valence-corrected chi connectivity index (χ2v) is 9.53. The van der Waals surface area contributed by atoms with E-state index in [4.69, 9.17) is 0 Å². The molecular weight excluding hydrogens is 541 g/mol. The molecule has 201 valence electrons. The van der Waals surface area contributed by atoms with Crippen LogP contribution in [-0.4, -0.2) is 19.8 Å². The van der Waals surface area contributed by atoms with Crippen LogP contribution in [0.15, 0.2) is 0 Å². The molecule has 0 aromatic rings. The Bertz CT molecular complexity index is 386. The molecule has 34 heavy (non-hydrogen) atoms. The summed E-state index contributed by atoms with van der Waals surface area (Å²) >= 11 is 0. The van der Waals surface area contributed by atoms with Crippen molar-refractivity contribution in [1.29, 1.82) is 0 Å². The Hall–Kier alpha value is 0.592. The minimum absolute atomic E-state index is 0. The van der Waals surface area contributed by atoms with E-state index in [0.717, 1.165) is 38.5 Å². The van der Waals surface area contributed by atoms with Crippen LogP contribution in [0.4, 0.5) is 0 Å². The minimum atomic E-state index is -2.62. The van der Waals surface area contributed by atoms with Crippen molar-refractivity contribution in [3.05, 3.63) is 0 Å². The van der Waals surface area contributed by atoms with Crippen molar-refractivity contribution < 1.29 is 59.3 Å². The molecule has 0 aliphatic carbocycles. The van der Waals surface area contributed by atoms with Crippen LogP contribution >= 0.6 is 24.8 Å². The smallest absolute Gasteiger partial charge is 0.566 e. The van der Waals surface area contributed by atoms with Crippen LogP contribution in [0.5, 0.6) is 0 Å². The average molecular weight is 587 g/mol. The van der Waals surface area contributed by atoms with Gasteiger partial charge in [-0.15, -0.1) is 13.6 Å². The third-order valence-corrected chi connectivity index (χ3v) is 5.51. The summed E-state index contributed by atoms with van der Waals surface area (Å²) in [5.41, 5.74) is 0. The van der Waals surface area contributed by atoms with Gasteiger partial charge in [0, 0.05) is 0 Å². The second-order valence-electron chi connectivity index (χ2n) is 7.41. The van der Waals surface area contributed by atoms with E-state index < -0.39 is 24.8 Å². The summed E-state index contributed by atoms with van der Waals surface area (Å²) in [6, 6.07) is 0. The summed E-state index contributed by atoms with van der Waals surface area (Å²) in [5.74, 6) is 0. The second kappa shape index (κ2) is 38.1. The molecule has 0 N–H and O–H groups in total. The Morgan fingerprint density at radius 1 is 0.441 bits per heavy atom. The first kappa shape index (κ1) is 41.7. The van der Waals surface area contributed by atoms with Crippen LogP contribution in [0.1, 0.15) is 117 Å². The molecule has 0 rings (SSSR count). The number of hydrogen-bond donors (Lipinski definition) is 0. The predicted molar refractivity (Wildman–Crippen MR) is 127 cm³/mol. The standard InChI is InChI=1S/3C7H15O3P.Cr/c3*1-2-3-4-5-6-7-10-11(8)9;/h3*2-7H2,1H3;/q;;;+3. The van der Waals surface area contributed by atoms with E-state index in [2.05, 4.69) is 34.3 Å². The molecule has 0 amide bonds.